The number of hydrogen-bond acceptors (Lipinski definition) is 2. The molecule has 14 heavy (non-hydrogen) atoms. The van der Waals surface area contributed by atoms with Crippen molar-refractivity contribution >= 4 is 5.91 Å². The van der Waals surface area contributed by atoms with Gasteiger partial charge in [-0.3, -0.25) is 4.79 Å². The maximum atomic E-state index is 11.3. The van der Waals surface area contributed by atoms with Crippen molar-refractivity contribution in [3.8, 4) is 0 Å². The number of hydrogen-bond donors (Lipinski definition) is 1. The first-order valence-corrected chi connectivity index (χ1v) is 5.46. The largest absolute Gasteiger partial charge is 0.369 e. The van der Waals surface area contributed by atoms with Crippen LogP contribution < -0.4 is 5.32 Å². The summed E-state index contributed by atoms with van der Waals surface area (Å²) in [6.45, 7) is 7.06. The highest BCUT2D eigenvalue weighted by Gasteiger charge is 2.40. The minimum absolute atomic E-state index is 0.0124. The molecule has 1 saturated carbocycles. The molecule has 0 unspecified atom stereocenters. The van der Waals surface area contributed by atoms with Crippen LogP contribution in [0.4, 0.5) is 0 Å². The van der Waals surface area contributed by atoms with Gasteiger partial charge >= 0.3 is 0 Å². The van der Waals surface area contributed by atoms with Crippen LogP contribution in [0, 0.1) is 5.41 Å². The van der Waals surface area contributed by atoms with E-state index in [0.29, 0.717) is 5.41 Å². The van der Waals surface area contributed by atoms with E-state index in [4.69, 9.17) is 4.74 Å². The van der Waals surface area contributed by atoms with Crippen molar-refractivity contribution in [1.82, 2.24) is 5.32 Å². The summed E-state index contributed by atoms with van der Waals surface area (Å²) >= 11 is 0. The van der Waals surface area contributed by atoms with Gasteiger partial charge in [-0.05, 0) is 38.5 Å². The fourth-order valence-electron chi connectivity index (χ4n) is 1.41. The Balaban J connectivity index is 2.09. The number of ether oxygens (including phenoxy) is 1. The van der Waals surface area contributed by atoms with Crippen LogP contribution in [-0.4, -0.2) is 25.2 Å². The molecule has 1 aliphatic rings. The van der Waals surface area contributed by atoms with Crippen molar-refractivity contribution in [1.29, 1.82) is 0 Å². The molecule has 1 aliphatic carbocycles. The van der Waals surface area contributed by atoms with E-state index < -0.39 is 0 Å². The first kappa shape index (κ1) is 11.5. The quantitative estimate of drug-likeness (QED) is 0.707. The number of amides is 1. The second-order valence-electron chi connectivity index (χ2n) is 4.49. The molecule has 0 spiro atoms. The van der Waals surface area contributed by atoms with Crippen molar-refractivity contribution in [3.05, 3.63) is 0 Å². The van der Waals surface area contributed by atoms with E-state index in [1.807, 2.05) is 13.8 Å². The Hall–Kier alpha value is -0.570. The molecule has 1 rings (SSSR count). The molecule has 0 aromatic carbocycles. The average molecular weight is 199 g/mol. The molecule has 0 aliphatic heterocycles. The summed E-state index contributed by atoms with van der Waals surface area (Å²) < 4.78 is 5.21. The van der Waals surface area contributed by atoms with E-state index >= 15 is 0 Å². The maximum Gasteiger partial charge on any atom is 0.246 e. The minimum atomic E-state index is 0.0124. The van der Waals surface area contributed by atoms with Crippen LogP contribution in [0.15, 0.2) is 0 Å². The Morgan fingerprint density at radius 2 is 2.14 bits per heavy atom. The van der Waals surface area contributed by atoms with Crippen LogP contribution in [-0.2, 0) is 9.53 Å². The second-order valence-corrected chi connectivity index (χ2v) is 4.49. The van der Waals surface area contributed by atoms with Crippen LogP contribution in [0.5, 0.6) is 0 Å². The zero-order valence-electron chi connectivity index (χ0n) is 9.43. The highest BCUT2D eigenvalue weighted by Crippen LogP contribution is 2.47. The zero-order chi connectivity index (χ0) is 10.6. The van der Waals surface area contributed by atoms with Crippen molar-refractivity contribution < 1.29 is 9.53 Å². The van der Waals surface area contributed by atoms with Gasteiger partial charge in [0.2, 0.25) is 5.91 Å². The number of rotatable bonds is 6. The topological polar surface area (TPSA) is 38.3 Å². The van der Waals surface area contributed by atoms with Gasteiger partial charge in [0.25, 0.3) is 0 Å². The molecular formula is C11H21NO2. The van der Waals surface area contributed by atoms with Crippen LogP contribution in [0.3, 0.4) is 0 Å². The lowest BCUT2D eigenvalue weighted by atomic mass is 10.0. The molecule has 1 N–H and O–H groups in total. The van der Waals surface area contributed by atoms with Crippen molar-refractivity contribution in [2.24, 2.45) is 5.41 Å². The van der Waals surface area contributed by atoms with E-state index in [9.17, 15) is 4.79 Å². The molecule has 0 heterocycles. The third-order valence-electron chi connectivity index (χ3n) is 2.92. The normalized spacial score (nSPS) is 18.3. The molecule has 0 aromatic heterocycles. The fraction of sp³-hybridized carbons (Fsp3) is 0.909. The fourth-order valence-corrected chi connectivity index (χ4v) is 1.41. The van der Waals surface area contributed by atoms with Crippen molar-refractivity contribution in [2.75, 3.05) is 13.2 Å². The molecule has 0 radical (unpaired) electrons. The molecule has 82 valence electrons. The van der Waals surface area contributed by atoms with Gasteiger partial charge in [-0.2, -0.15) is 0 Å². The van der Waals surface area contributed by atoms with Gasteiger partial charge in [0.05, 0.1) is 6.10 Å². The maximum absolute atomic E-state index is 11.3. The Labute approximate surface area is 86.2 Å². The first-order valence-electron chi connectivity index (χ1n) is 5.46. The summed E-state index contributed by atoms with van der Waals surface area (Å²) in [5, 5.41) is 2.93. The van der Waals surface area contributed by atoms with E-state index in [1.165, 1.54) is 12.8 Å². The van der Waals surface area contributed by atoms with Gasteiger partial charge in [0, 0.05) is 6.54 Å². The van der Waals surface area contributed by atoms with Crippen molar-refractivity contribution in [2.45, 2.75) is 46.1 Å². The lowest BCUT2D eigenvalue weighted by Gasteiger charge is -2.14. The van der Waals surface area contributed by atoms with Crippen LogP contribution in [0.2, 0.25) is 0 Å². The zero-order valence-corrected chi connectivity index (χ0v) is 9.43. The molecule has 3 nitrogen and oxygen atoms in total. The molecule has 3 heteroatoms. The third-order valence-corrected chi connectivity index (χ3v) is 2.92. The standard InChI is InChI=1S/C11H21NO2/c1-4-11(5-6-11)8-12-10(13)7-14-9(2)3/h9H,4-8H2,1-3H3,(H,12,13). The SMILES string of the molecule is CCC1(CNC(=O)COC(C)C)CC1. The van der Waals surface area contributed by atoms with Gasteiger partial charge in [0.1, 0.15) is 6.61 Å². The monoisotopic (exact) mass is 199 g/mol. The third kappa shape index (κ3) is 3.66. The van der Waals surface area contributed by atoms with Crippen LogP contribution >= 0.6 is 0 Å². The van der Waals surface area contributed by atoms with Crippen LogP contribution in [0.1, 0.15) is 40.0 Å². The first-order chi connectivity index (χ1) is 6.58. The van der Waals surface area contributed by atoms with Gasteiger partial charge < -0.3 is 10.1 Å². The van der Waals surface area contributed by atoms with E-state index in [-0.39, 0.29) is 18.6 Å². The summed E-state index contributed by atoms with van der Waals surface area (Å²) in [5.74, 6) is 0.0124. The van der Waals surface area contributed by atoms with E-state index in [2.05, 4.69) is 12.2 Å². The van der Waals surface area contributed by atoms with Crippen LogP contribution in [0.25, 0.3) is 0 Å². The predicted molar refractivity (Wildman–Crippen MR) is 56.1 cm³/mol. The summed E-state index contributed by atoms with van der Waals surface area (Å²) in [6, 6.07) is 0. The molecule has 1 amide bonds. The molecule has 0 bridgehead atoms. The Bertz CT molecular complexity index is 197. The smallest absolute Gasteiger partial charge is 0.246 e. The summed E-state index contributed by atoms with van der Waals surface area (Å²) in [6.07, 6.45) is 3.81. The number of carbonyl (C=O) groups is 1. The van der Waals surface area contributed by atoms with Gasteiger partial charge in [-0.25, -0.2) is 0 Å². The molecule has 0 aromatic rings. The second kappa shape index (κ2) is 4.78. The molecule has 0 saturated heterocycles. The average Bonchev–Trinajstić information content (AvgIpc) is 2.92. The molecule has 0 atom stereocenters. The summed E-state index contributed by atoms with van der Waals surface area (Å²) in [5.41, 5.74) is 0.424. The summed E-state index contributed by atoms with van der Waals surface area (Å²) in [7, 11) is 0. The minimum Gasteiger partial charge on any atom is -0.369 e. The molecular weight excluding hydrogens is 178 g/mol. The summed E-state index contributed by atoms with van der Waals surface area (Å²) in [4.78, 5) is 11.3. The lowest BCUT2D eigenvalue weighted by molar-refractivity contribution is -0.127. The molecule has 1 fully saturated rings. The van der Waals surface area contributed by atoms with Gasteiger partial charge in [-0.15, -0.1) is 0 Å². The van der Waals surface area contributed by atoms with Gasteiger partial charge in [-0.1, -0.05) is 6.92 Å². The predicted octanol–water partition coefficient (Wildman–Crippen LogP) is 1.72. The highest BCUT2D eigenvalue weighted by atomic mass is 16.5. The number of nitrogens with one attached hydrogen (secondary N) is 1. The highest BCUT2D eigenvalue weighted by molar-refractivity contribution is 5.77. The number of carbonyl (C=O) groups excluding carboxylic acids is 1. The Morgan fingerprint density at radius 3 is 2.57 bits per heavy atom. The van der Waals surface area contributed by atoms with E-state index in [0.717, 1.165) is 13.0 Å². The van der Waals surface area contributed by atoms with Crippen molar-refractivity contribution in [3.63, 3.8) is 0 Å². The lowest BCUT2D eigenvalue weighted by Crippen LogP contribution is -2.33. The Kier molecular flexibility index (Phi) is 3.93. The Morgan fingerprint density at radius 1 is 1.50 bits per heavy atom. The van der Waals surface area contributed by atoms with E-state index in [1.54, 1.807) is 0 Å². The van der Waals surface area contributed by atoms with Gasteiger partial charge in [0.15, 0.2) is 0 Å².